The van der Waals surface area contributed by atoms with Crippen LogP contribution in [0.1, 0.15) is 38.5 Å². The summed E-state index contributed by atoms with van der Waals surface area (Å²) in [5.74, 6) is 0.727. The Morgan fingerprint density at radius 3 is 2.25 bits per heavy atom. The zero-order valence-corrected chi connectivity index (χ0v) is 7.42. The molecule has 1 saturated carbocycles. The molecule has 0 aromatic rings. The van der Waals surface area contributed by atoms with Crippen LogP contribution in [0.4, 0.5) is 0 Å². The smallest absolute Gasteiger partial charge is 0.164 e. The average Bonchev–Trinajstić information content (AvgIpc) is 2.03. The lowest BCUT2D eigenvalue weighted by Crippen LogP contribution is -2.39. The van der Waals surface area contributed by atoms with Gasteiger partial charge in [0.05, 0.1) is 6.61 Å². The Hall–Kier alpha value is -0.370. The van der Waals surface area contributed by atoms with Gasteiger partial charge < -0.3 is 4.74 Å². The SMILES string of the molecule is O=C(C1CCCCC1)C1CCO1. The second-order valence-electron chi connectivity index (χ2n) is 3.89. The van der Waals surface area contributed by atoms with E-state index in [2.05, 4.69) is 0 Å². The van der Waals surface area contributed by atoms with Crippen LogP contribution in [0.5, 0.6) is 0 Å². The molecule has 1 unspecified atom stereocenters. The Balaban J connectivity index is 1.84. The van der Waals surface area contributed by atoms with E-state index in [4.69, 9.17) is 4.74 Å². The Morgan fingerprint density at radius 1 is 1.08 bits per heavy atom. The Kier molecular flexibility index (Phi) is 2.45. The van der Waals surface area contributed by atoms with E-state index in [1.165, 1.54) is 19.3 Å². The van der Waals surface area contributed by atoms with Gasteiger partial charge in [0.1, 0.15) is 6.10 Å². The Bertz CT molecular complexity index is 167. The van der Waals surface area contributed by atoms with Gasteiger partial charge in [0.15, 0.2) is 5.78 Å². The molecular weight excluding hydrogens is 152 g/mol. The molecule has 0 aromatic carbocycles. The summed E-state index contributed by atoms with van der Waals surface area (Å²) in [5.41, 5.74) is 0. The van der Waals surface area contributed by atoms with Crippen LogP contribution < -0.4 is 0 Å². The highest BCUT2D eigenvalue weighted by Gasteiger charge is 2.32. The van der Waals surface area contributed by atoms with E-state index in [0.717, 1.165) is 25.9 Å². The number of ketones is 1. The lowest BCUT2D eigenvalue weighted by atomic mass is 9.83. The van der Waals surface area contributed by atoms with Gasteiger partial charge in [-0.1, -0.05) is 19.3 Å². The van der Waals surface area contributed by atoms with Crippen molar-refractivity contribution in [1.29, 1.82) is 0 Å². The monoisotopic (exact) mass is 168 g/mol. The maximum Gasteiger partial charge on any atom is 0.164 e. The number of hydrogen-bond acceptors (Lipinski definition) is 2. The van der Waals surface area contributed by atoms with Crippen LogP contribution in [0.15, 0.2) is 0 Å². The van der Waals surface area contributed by atoms with E-state index in [1.807, 2.05) is 0 Å². The summed E-state index contributed by atoms with van der Waals surface area (Å²) in [6, 6.07) is 0. The molecule has 1 aliphatic carbocycles. The van der Waals surface area contributed by atoms with Crippen LogP contribution in [0.25, 0.3) is 0 Å². The van der Waals surface area contributed by atoms with E-state index < -0.39 is 0 Å². The topological polar surface area (TPSA) is 26.3 Å². The quantitative estimate of drug-likeness (QED) is 0.629. The van der Waals surface area contributed by atoms with Crippen molar-refractivity contribution in [3.8, 4) is 0 Å². The standard InChI is InChI=1S/C10H16O2/c11-10(9-6-7-12-9)8-4-2-1-3-5-8/h8-9H,1-7H2. The molecule has 2 nitrogen and oxygen atoms in total. The first-order chi connectivity index (χ1) is 5.88. The minimum Gasteiger partial charge on any atom is -0.370 e. The van der Waals surface area contributed by atoms with Gasteiger partial charge >= 0.3 is 0 Å². The van der Waals surface area contributed by atoms with E-state index in [1.54, 1.807) is 0 Å². The zero-order valence-electron chi connectivity index (χ0n) is 7.42. The van der Waals surface area contributed by atoms with Crippen molar-refractivity contribution in [2.45, 2.75) is 44.6 Å². The Morgan fingerprint density at radius 2 is 1.75 bits per heavy atom. The van der Waals surface area contributed by atoms with Gasteiger partial charge in [0.25, 0.3) is 0 Å². The normalized spacial score (nSPS) is 31.2. The number of Topliss-reactive ketones (excluding diaryl/α,β-unsaturated/α-hetero) is 1. The summed E-state index contributed by atoms with van der Waals surface area (Å²) in [6.07, 6.45) is 6.96. The molecule has 1 saturated heterocycles. The predicted molar refractivity (Wildman–Crippen MR) is 45.9 cm³/mol. The molecule has 0 spiro atoms. The van der Waals surface area contributed by atoms with Crippen LogP contribution in [0.3, 0.4) is 0 Å². The van der Waals surface area contributed by atoms with Crippen molar-refractivity contribution >= 4 is 5.78 Å². The van der Waals surface area contributed by atoms with Crippen molar-refractivity contribution in [3.05, 3.63) is 0 Å². The maximum absolute atomic E-state index is 11.7. The molecule has 2 rings (SSSR count). The molecule has 0 radical (unpaired) electrons. The van der Waals surface area contributed by atoms with Crippen molar-refractivity contribution in [1.82, 2.24) is 0 Å². The van der Waals surface area contributed by atoms with Crippen LogP contribution in [-0.2, 0) is 9.53 Å². The number of carbonyl (C=O) groups excluding carboxylic acids is 1. The molecule has 1 aliphatic heterocycles. The first kappa shape index (κ1) is 8.24. The van der Waals surface area contributed by atoms with Crippen molar-refractivity contribution in [2.24, 2.45) is 5.92 Å². The third-order valence-corrected chi connectivity index (χ3v) is 3.02. The van der Waals surface area contributed by atoms with Crippen LogP contribution in [-0.4, -0.2) is 18.5 Å². The summed E-state index contributed by atoms with van der Waals surface area (Å²) in [4.78, 5) is 11.7. The summed E-state index contributed by atoms with van der Waals surface area (Å²) >= 11 is 0. The lowest BCUT2D eigenvalue weighted by Gasteiger charge is -2.30. The lowest BCUT2D eigenvalue weighted by molar-refractivity contribution is -0.147. The van der Waals surface area contributed by atoms with Crippen LogP contribution >= 0.6 is 0 Å². The highest BCUT2D eigenvalue weighted by atomic mass is 16.5. The zero-order chi connectivity index (χ0) is 8.39. The highest BCUT2D eigenvalue weighted by Crippen LogP contribution is 2.28. The van der Waals surface area contributed by atoms with Crippen LogP contribution in [0, 0.1) is 5.92 Å². The Labute approximate surface area is 73.3 Å². The third kappa shape index (κ3) is 1.53. The van der Waals surface area contributed by atoms with Gasteiger partial charge in [-0.25, -0.2) is 0 Å². The van der Waals surface area contributed by atoms with Gasteiger partial charge in [-0.15, -0.1) is 0 Å². The van der Waals surface area contributed by atoms with Crippen molar-refractivity contribution < 1.29 is 9.53 Å². The number of rotatable bonds is 2. The number of hydrogen-bond donors (Lipinski definition) is 0. The van der Waals surface area contributed by atoms with Gasteiger partial charge in [-0.3, -0.25) is 4.79 Å². The molecule has 12 heavy (non-hydrogen) atoms. The molecule has 0 aromatic heterocycles. The van der Waals surface area contributed by atoms with Crippen molar-refractivity contribution in [2.75, 3.05) is 6.61 Å². The molecule has 2 fully saturated rings. The first-order valence-corrected chi connectivity index (χ1v) is 5.03. The average molecular weight is 168 g/mol. The molecular formula is C10H16O2. The summed E-state index contributed by atoms with van der Waals surface area (Å²) in [5, 5.41) is 0. The van der Waals surface area contributed by atoms with E-state index >= 15 is 0 Å². The largest absolute Gasteiger partial charge is 0.370 e. The van der Waals surface area contributed by atoms with E-state index in [-0.39, 0.29) is 6.10 Å². The van der Waals surface area contributed by atoms with Gasteiger partial charge in [0.2, 0.25) is 0 Å². The number of ether oxygens (including phenoxy) is 1. The van der Waals surface area contributed by atoms with Gasteiger partial charge in [-0.2, -0.15) is 0 Å². The van der Waals surface area contributed by atoms with Gasteiger partial charge in [-0.05, 0) is 12.8 Å². The minimum absolute atomic E-state index is 0.0203. The van der Waals surface area contributed by atoms with Crippen LogP contribution in [0.2, 0.25) is 0 Å². The predicted octanol–water partition coefficient (Wildman–Crippen LogP) is 1.92. The van der Waals surface area contributed by atoms with Crippen molar-refractivity contribution in [3.63, 3.8) is 0 Å². The fourth-order valence-corrected chi connectivity index (χ4v) is 2.11. The molecule has 0 bridgehead atoms. The van der Waals surface area contributed by atoms with Gasteiger partial charge in [0, 0.05) is 12.3 Å². The molecule has 2 heteroatoms. The third-order valence-electron chi connectivity index (χ3n) is 3.02. The second-order valence-corrected chi connectivity index (χ2v) is 3.89. The van der Waals surface area contributed by atoms with E-state index in [0.29, 0.717) is 11.7 Å². The maximum atomic E-state index is 11.7. The molecule has 68 valence electrons. The fourth-order valence-electron chi connectivity index (χ4n) is 2.11. The molecule has 1 heterocycles. The molecule has 0 amide bonds. The minimum atomic E-state index is -0.0203. The molecule has 1 atom stereocenters. The first-order valence-electron chi connectivity index (χ1n) is 5.03. The molecule has 0 N–H and O–H groups in total. The molecule has 2 aliphatic rings. The van der Waals surface area contributed by atoms with E-state index in [9.17, 15) is 4.79 Å². The summed E-state index contributed by atoms with van der Waals surface area (Å²) in [6.45, 7) is 0.795. The second kappa shape index (κ2) is 3.56. The fraction of sp³-hybridized carbons (Fsp3) is 0.900. The summed E-state index contributed by atoms with van der Waals surface area (Å²) < 4.78 is 5.20. The number of carbonyl (C=O) groups is 1. The summed E-state index contributed by atoms with van der Waals surface area (Å²) in [7, 11) is 0. The highest BCUT2D eigenvalue weighted by molar-refractivity contribution is 5.86.